The molecule has 32 heavy (non-hydrogen) atoms. The van der Waals surface area contributed by atoms with E-state index in [9.17, 15) is 4.79 Å². The summed E-state index contributed by atoms with van der Waals surface area (Å²) in [6, 6.07) is 11.7. The Morgan fingerprint density at radius 3 is 2.41 bits per heavy atom. The van der Waals surface area contributed by atoms with Gasteiger partial charge in [0.25, 0.3) is 0 Å². The van der Waals surface area contributed by atoms with Gasteiger partial charge in [-0.15, -0.1) is 0 Å². The predicted molar refractivity (Wildman–Crippen MR) is 125 cm³/mol. The third kappa shape index (κ3) is 6.07. The topological polar surface area (TPSA) is 69.3 Å². The minimum atomic E-state index is -0.433. The van der Waals surface area contributed by atoms with Gasteiger partial charge in [0.1, 0.15) is 5.75 Å². The summed E-state index contributed by atoms with van der Waals surface area (Å²) in [7, 11) is 7.14. The van der Waals surface area contributed by atoms with Gasteiger partial charge in [-0.1, -0.05) is 6.42 Å². The maximum atomic E-state index is 11.9. The van der Waals surface area contributed by atoms with Crippen LogP contribution in [0.15, 0.2) is 36.4 Å². The predicted octanol–water partition coefficient (Wildman–Crippen LogP) is 5.05. The SMILES string of the molecule is COc1ccc(NC(=O)OCCCCCC2c3cc(OC)c(OC)cc3CCN2C)cc1. The van der Waals surface area contributed by atoms with Crippen molar-refractivity contribution in [2.75, 3.05) is 46.8 Å². The number of carbonyl (C=O) groups is 1. The minimum absolute atomic E-state index is 0.359. The molecule has 1 amide bonds. The number of likely N-dealkylation sites (N-methyl/N-ethyl adjacent to an activating group) is 1. The summed E-state index contributed by atoms with van der Waals surface area (Å²) < 4.78 is 21.4. The Morgan fingerprint density at radius 2 is 1.72 bits per heavy atom. The average Bonchev–Trinajstić information content (AvgIpc) is 2.82. The molecule has 0 spiro atoms. The highest BCUT2D eigenvalue weighted by Crippen LogP contribution is 2.39. The lowest BCUT2D eigenvalue weighted by Gasteiger charge is -2.35. The van der Waals surface area contributed by atoms with Crippen LogP contribution in [0.25, 0.3) is 0 Å². The van der Waals surface area contributed by atoms with Crippen molar-refractivity contribution >= 4 is 11.8 Å². The summed E-state index contributed by atoms with van der Waals surface area (Å²) in [6.45, 7) is 1.44. The van der Waals surface area contributed by atoms with Crippen molar-refractivity contribution < 1.29 is 23.7 Å². The van der Waals surface area contributed by atoms with Crippen LogP contribution in [0, 0.1) is 0 Å². The van der Waals surface area contributed by atoms with Crippen molar-refractivity contribution in [3.05, 3.63) is 47.5 Å². The van der Waals surface area contributed by atoms with E-state index >= 15 is 0 Å². The number of amides is 1. The molecule has 1 aliphatic rings. The molecule has 0 aromatic heterocycles. The smallest absolute Gasteiger partial charge is 0.411 e. The number of ether oxygens (including phenoxy) is 4. The molecule has 1 atom stereocenters. The molecule has 0 saturated heterocycles. The number of hydrogen-bond donors (Lipinski definition) is 1. The first-order valence-electron chi connectivity index (χ1n) is 11.1. The van der Waals surface area contributed by atoms with Crippen LogP contribution in [-0.2, 0) is 11.2 Å². The van der Waals surface area contributed by atoms with Gasteiger partial charge in [-0.05, 0) is 80.3 Å². The Labute approximate surface area is 190 Å². The van der Waals surface area contributed by atoms with E-state index in [-0.39, 0.29) is 0 Å². The van der Waals surface area contributed by atoms with Crippen LogP contribution < -0.4 is 19.5 Å². The first-order chi connectivity index (χ1) is 15.5. The monoisotopic (exact) mass is 442 g/mol. The van der Waals surface area contributed by atoms with E-state index in [2.05, 4.69) is 29.4 Å². The number of carbonyl (C=O) groups excluding carboxylic acids is 1. The fourth-order valence-corrected chi connectivity index (χ4v) is 4.14. The third-order valence-corrected chi connectivity index (χ3v) is 5.96. The number of rotatable bonds is 10. The van der Waals surface area contributed by atoms with Gasteiger partial charge in [0, 0.05) is 18.3 Å². The zero-order valence-electron chi connectivity index (χ0n) is 19.5. The molecule has 7 nitrogen and oxygen atoms in total. The number of nitrogens with one attached hydrogen (secondary N) is 1. The molecular weight excluding hydrogens is 408 g/mol. The highest BCUT2D eigenvalue weighted by atomic mass is 16.5. The quantitative estimate of drug-likeness (QED) is 0.519. The fourth-order valence-electron chi connectivity index (χ4n) is 4.14. The van der Waals surface area contributed by atoms with Crippen LogP contribution in [0.4, 0.5) is 10.5 Å². The van der Waals surface area contributed by atoms with E-state index in [1.54, 1.807) is 45.6 Å². The number of benzene rings is 2. The number of anilines is 1. The van der Waals surface area contributed by atoms with Crippen molar-refractivity contribution in [3.63, 3.8) is 0 Å². The molecule has 3 rings (SSSR count). The number of unbranched alkanes of at least 4 members (excludes halogenated alkanes) is 2. The summed E-state index contributed by atoms with van der Waals surface area (Å²) in [5.41, 5.74) is 3.35. The number of hydrogen-bond acceptors (Lipinski definition) is 6. The van der Waals surface area contributed by atoms with Crippen molar-refractivity contribution in [1.82, 2.24) is 4.90 Å². The maximum absolute atomic E-state index is 11.9. The lowest BCUT2D eigenvalue weighted by Crippen LogP contribution is -2.32. The van der Waals surface area contributed by atoms with Crippen LogP contribution >= 0.6 is 0 Å². The largest absolute Gasteiger partial charge is 0.497 e. The van der Waals surface area contributed by atoms with E-state index in [1.165, 1.54) is 11.1 Å². The van der Waals surface area contributed by atoms with Crippen LogP contribution in [-0.4, -0.2) is 52.5 Å². The second kappa shape index (κ2) is 11.6. The van der Waals surface area contributed by atoms with Gasteiger partial charge in [0.15, 0.2) is 11.5 Å². The third-order valence-electron chi connectivity index (χ3n) is 5.96. The van der Waals surface area contributed by atoms with Crippen LogP contribution in [0.2, 0.25) is 0 Å². The van der Waals surface area contributed by atoms with Crippen LogP contribution in [0.3, 0.4) is 0 Å². The average molecular weight is 443 g/mol. The number of nitrogens with zero attached hydrogens (tertiary/aromatic N) is 1. The second-order valence-electron chi connectivity index (χ2n) is 7.99. The van der Waals surface area contributed by atoms with Gasteiger partial charge in [-0.25, -0.2) is 4.79 Å². The van der Waals surface area contributed by atoms with Crippen molar-refractivity contribution in [1.29, 1.82) is 0 Å². The second-order valence-corrected chi connectivity index (χ2v) is 7.99. The van der Waals surface area contributed by atoms with E-state index in [0.717, 1.165) is 55.9 Å². The van der Waals surface area contributed by atoms with E-state index in [4.69, 9.17) is 18.9 Å². The lowest BCUT2D eigenvalue weighted by molar-refractivity contribution is 0.158. The molecule has 1 heterocycles. The van der Waals surface area contributed by atoms with Crippen molar-refractivity contribution in [2.45, 2.75) is 38.1 Å². The van der Waals surface area contributed by atoms with Crippen LogP contribution in [0.1, 0.15) is 42.9 Å². The summed E-state index contributed by atoms with van der Waals surface area (Å²) in [5.74, 6) is 2.31. The van der Waals surface area contributed by atoms with Gasteiger partial charge in [-0.3, -0.25) is 10.2 Å². The zero-order valence-corrected chi connectivity index (χ0v) is 19.5. The summed E-state index contributed by atoms with van der Waals surface area (Å²) in [6.07, 6.45) is 4.54. The summed E-state index contributed by atoms with van der Waals surface area (Å²) in [4.78, 5) is 14.4. The number of methoxy groups -OCH3 is 3. The van der Waals surface area contributed by atoms with Gasteiger partial charge in [0.2, 0.25) is 0 Å². The molecular formula is C25H34N2O5. The Morgan fingerprint density at radius 1 is 1.00 bits per heavy atom. The highest BCUT2D eigenvalue weighted by molar-refractivity contribution is 5.84. The molecule has 0 bridgehead atoms. The summed E-state index contributed by atoms with van der Waals surface area (Å²) >= 11 is 0. The first-order valence-corrected chi connectivity index (χ1v) is 11.1. The molecule has 0 fully saturated rings. The minimum Gasteiger partial charge on any atom is -0.497 e. The molecule has 1 N–H and O–H groups in total. The molecule has 0 radical (unpaired) electrons. The first kappa shape index (κ1) is 23.7. The molecule has 0 saturated carbocycles. The van der Waals surface area contributed by atoms with E-state index in [1.807, 2.05) is 0 Å². The molecule has 1 aliphatic heterocycles. The Balaban J connectivity index is 1.42. The zero-order chi connectivity index (χ0) is 22.9. The maximum Gasteiger partial charge on any atom is 0.411 e. The molecule has 2 aromatic carbocycles. The van der Waals surface area contributed by atoms with Gasteiger partial charge < -0.3 is 18.9 Å². The van der Waals surface area contributed by atoms with Gasteiger partial charge in [0.05, 0.1) is 27.9 Å². The number of fused-ring (bicyclic) bond motifs is 1. The van der Waals surface area contributed by atoms with E-state index in [0.29, 0.717) is 18.3 Å². The fraction of sp³-hybridized carbons (Fsp3) is 0.480. The summed E-state index contributed by atoms with van der Waals surface area (Å²) in [5, 5.41) is 2.73. The Bertz CT molecular complexity index is 885. The Kier molecular flexibility index (Phi) is 8.62. The normalized spacial score (nSPS) is 15.6. The van der Waals surface area contributed by atoms with Crippen molar-refractivity contribution in [2.24, 2.45) is 0 Å². The molecule has 0 aliphatic carbocycles. The standard InChI is InChI=1S/C25H34N2O5/c1-27-14-13-18-16-23(30-3)24(31-4)17-21(18)22(27)8-6-5-7-15-32-25(28)26-19-9-11-20(29-2)12-10-19/h9-12,16-17,22H,5-8,13-15H2,1-4H3,(H,26,28). The van der Waals surface area contributed by atoms with Gasteiger partial charge >= 0.3 is 6.09 Å². The molecule has 2 aromatic rings. The molecule has 1 unspecified atom stereocenters. The lowest BCUT2D eigenvalue weighted by atomic mass is 9.89. The Hall–Kier alpha value is -2.93. The van der Waals surface area contributed by atoms with E-state index < -0.39 is 6.09 Å². The van der Waals surface area contributed by atoms with Crippen molar-refractivity contribution in [3.8, 4) is 17.2 Å². The van der Waals surface area contributed by atoms with Crippen LogP contribution in [0.5, 0.6) is 17.2 Å². The highest BCUT2D eigenvalue weighted by Gasteiger charge is 2.26. The van der Waals surface area contributed by atoms with Gasteiger partial charge in [-0.2, -0.15) is 0 Å². The molecule has 7 heteroatoms. The molecule has 174 valence electrons.